The highest BCUT2D eigenvalue weighted by atomic mass is 32.2. The smallest absolute Gasteiger partial charge is 0.244 e. The molecule has 1 aliphatic rings. The average molecular weight is 300 g/mol. The highest BCUT2D eigenvalue weighted by molar-refractivity contribution is 7.89. The van der Waals surface area contributed by atoms with Gasteiger partial charge in [-0.3, -0.25) is 0 Å². The van der Waals surface area contributed by atoms with Crippen LogP contribution in [-0.4, -0.2) is 41.3 Å². The highest BCUT2D eigenvalue weighted by Crippen LogP contribution is 2.29. The van der Waals surface area contributed by atoms with Gasteiger partial charge in [-0.25, -0.2) is 13.1 Å². The first-order valence-corrected chi connectivity index (χ1v) is 7.85. The van der Waals surface area contributed by atoms with E-state index in [0.717, 1.165) is 13.0 Å². The third kappa shape index (κ3) is 3.05. The lowest BCUT2D eigenvalue weighted by Crippen LogP contribution is -2.47. The molecule has 1 atom stereocenters. The van der Waals surface area contributed by atoms with Gasteiger partial charge in [0.15, 0.2) is 0 Å². The molecular weight excluding hydrogens is 280 g/mol. The minimum absolute atomic E-state index is 0.119. The second kappa shape index (κ2) is 5.59. The van der Waals surface area contributed by atoms with Crippen molar-refractivity contribution in [1.82, 2.24) is 10.0 Å². The Morgan fingerprint density at radius 3 is 2.60 bits per heavy atom. The second-order valence-corrected chi connectivity index (χ2v) is 6.76. The van der Waals surface area contributed by atoms with Crippen LogP contribution in [0.1, 0.15) is 13.3 Å². The third-order valence-electron chi connectivity index (χ3n) is 3.41. The summed E-state index contributed by atoms with van der Waals surface area (Å²) in [7, 11) is -0.683. The molecule has 6 nitrogen and oxygen atoms in total. The van der Waals surface area contributed by atoms with Gasteiger partial charge in [0.25, 0.3) is 0 Å². The van der Waals surface area contributed by atoms with E-state index in [1.54, 1.807) is 12.1 Å². The fourth-order valence-corrected chi connectivity index (χ4v) is 3.87. The van der Waals surface area contributed by atoms with Crippen LogP contribution in [0.5, 0.6) is 11.5 Å². The zero-order valence-electron chi connectivity index (χ0n) is 11.9. The number of ether oxygens (including phenoxy) is 2. The lowest BCUT2D eigenvalue weighted by Gasteiger charge is -2.24. The summed E-state index contributed by atoms with van der Waals surface area (Å²) in [6.45, 7) is 3.31. The Labute approximate surface area is 119 Å². The molecule has 1 saturated heterocycles. The van der Waals surface area contributed by atoms with Gasteiger partial charge in [-0.1, -0.05) is 0 Å². The number of sulfonamides is 1. The van der Waals surface area contributed by atoms with E-state index in [1.807, 2.05) is 6.92 Å². The van der Waals surface area contributed by atoms with Gasteiger partial charge < -0.3 is 14.8 Å². The van der Waals surface area contributed by atoms with Crippen molar-refractivity contribution in [3.63, 3.8) is 0 Å². The molecule has 2 rings (SSSR count). The Balaban J connectivity index is 2.33. The number of nitrogens with one attached hydrogen (secondary N) is 2. The SMILES string of the molecule is COc1ccc(S(=O)(=O)NC2(C)CCNC2)c(OC)c1. The summed E-state index contributed by atoms with van der Waals surface area (Å²) in [4.78, 5) is 0.119. The van der Waals surface area contributed by atoms with Crippen molar-refractivity contribution >= 4 is 10.0 Å². The Bertz CT molecular complexity index is 580. The highest BCUT2D eigenvalue weighted by Gasteiger charge is 2.34. The van der Waals surface area contributed by atoms with Gasteiger partial charge >= 0.3 is 0 Å². The number of hydrogen-bond donors (Lipinski definition) is 2. The van der Waals surface area contributed by atoms with Crippen LogP contribution in [0.4, 0.5) is 0 Å². The minimum Gasteiger partial charge on any atom is -0.497 e. The topological polar surface area (TPSA) is 76.7 Å². The molecule has 0 spiro atoms. The maximum atomic E-state index is 12.5. The van der Waals surface area contributed by atoms with Gasteiger partial charge in [0, 0.05) is 18.2 Å². The summed E-state index contributed by atoms with van der Waals surface area (Å²) in [6, 6.07) is 4.65. The van der Waals surface area contributed by atoms with Crippen molar-refractivity contribution in [2.45, 2.75) is 23.8 Å². The van der Waals surface area contributed by atoms with Gasteiger partial charge in [0.05, 0.1) is 14.2 Å². The first-order chi connectivity index (χ1) is 9.40. The van der Waals surface area contributed by atoms with Crippen molar-refractivity contribution in [2.24, 2.45) is 0 Å². The molecule has 1 aromatic carbocycles. The molecule has 112 valence electrons. The lowest BCUT2D eigenvalue weighted by molar-refractivity contribution is 0.384. The van der Waals surface area contributed by atoms with Crippen LogP contribution in [0.25, 0.3) is 0 Å². The largest absolute Gasteiger partial charge is 0.497 e. The summed E-state index contributed by atoms with van der Waals surface area (Å²) in [6.07, 6.45) is 0.755. The molecule has 2 N–H and O–H groups in total. The van der Waals surface area contributed by atoms with Crippen LogP contribution >= 0.6 is 0 Å². The predicted octanol–water partition coefficient (Wildman–Crippen LogP) is 0.734. The lowest BCUT2D eigenvalue weighted by atomic mass is 10.0. The Hall–Kier alpha value is -1.31. The van der Waals surface area contributed by atoms with Crippen molar-refractivity contribution in [2.75, 3.05) is 27.3 Å². The molecule has 1 fully saturated rings. The molecule has 1 heterocycles. The summed E-state index contributed by atoms with van der Waals surface area (Å²) in [5.74, 6) is 0.820. The number of hydrogen-bond acceptors (Lipinski definition) is 5. The van der Waals surface area contributed by atoms with E-state index in [1.165, 1.54) is 20.3 Å². The van der Waals surface area contributed by atoms with Crippen LogP contribution in [-0.2, 0) is 10.0 Å². The summed E-state index contributed by atoms with van der Waals surface area (Å²) in [5.41, 5.74) is -0.468. The number of benzene rings is 1. The summed E-state index contributed by atoms with van der Waals surface area (Å²) < 4.78 is 38.0. The van der Waals surface area contributed by atoms with E-state index in [-0.39, 0.29) is 10.6 Å². The molecule has 0 radical (unpaired) electrons. The van der Waals surface area contributed by atoms with Crippen molar-refractivity contribution in [3.05, 3.63) is 18.2 Å². The van der Waals surface area contributed by atoms with E-state index >= 15 is 0 Å². The second-order valence-electron chi connectivity index (χ2n) is 5.11. The quantitative estimate of drug-likeness (QED) is 0.838. The molecule has 0 aromatic heterocycles. The van der Waals surface area contributed by atoms with Crippen LogP contribution in [0.15, 0.2) is 23.1 Å². The predicted molar refractivity (Wildman–Crippen MR) is 75.8 cm³/mol. The van der Waals surface area contributed by atoms with Crippen molar-refractivity contribution in [1.29, 1.82) is 0 Å². The first-order valence-electron chi connectivity index (χ1n) is 6.37. The van der Waals surface area contributed by atoms with E-state index in [2.05, 4.69) is 10.0 Å². The fourth-order valence-electron chi connectivity index (χ4n) is 2.28. The molecule has 0 aliphatic carbocycles. The standard InChI is InChI=1S/C13H20N2O4S/c1-13(6-7-14-9-13)15-20(16,17)12-5-4-10(18-2)8-11(12)19-3/h4-5,8,14-15H,6-7,9H2,1-3H3. The maximum absolute atomic E-state index is 12.5. The first kappa shape index (κ1) is 15.1. The Kier molecular flexibility index (Phi) is 4.22. The zero-order chi connectivity index (χ0) is 14.8. The molecule has 0 bridgehead atoms. The third-order valence-corrected chi connectivity index (χ3v) is 5.09. The van der Waals surface area contributed by atoms with Gasteiger partial charge in [0.2, 0.25) is 10.0 Å². The van der Waals surface area contributed by atoms with Crippen molar-refractivity contribution < 1.29 is 17.9 Å². The minimum atomic E-state index is -3.64. The number of methoxy groups -OCH3 is 2. The van der Waals surface area contributed by atoms with Crippen molar-refractivity contribution in [3.8, 4) is 11.5 Å². The molecule has 1 aliphatic heterocycles. The Morgan fingerprint density at radius 2 is 2.05 bits per heavy atom. The molecule has 20 heavy (non-hydrogen) atoms. The molecule has 0 amide bonds. The summed E-state index contributed by atoms with van der Waals surface area (Å²) in [5, 5.41) is 3.16. The molecule has 0 saturated carbocycles. The monoisotopic (exact) mass is 300 g/mol. The molecular formula is C13H20N2O4S. The summed E-state index contributed by atoms with van der Waals surface area (Å²) >= 11 is 0. The van der Waals surface area contributed by atoms with E-state index in [4.69, 9.17) is 9.47 Å². The normalized spacial score (nSPS) is 22.8. The van der Waals surface area contributed by atoms with Crippen LogP contribution in [0.2, 0.25) is 0 Å². The van der Waals surface area contributed by atoms with Crippen LogP contribution in [0.3, 0.4) is 0 Å². The maximum Gasteiger partial charge on any atom is 0.244 e. The van der Waals surface area contributed by atoms with Crippen LogP contribution in [0, 0.1) is 0 Å². The zero-order valence-corrected chi connectivity index (χ0v) is 12.7. The van der Waals surface area contributed by atoms with Gasteiger partial charge in [-0.05, 0) is 32.0 Å². The van der Waals surface area contributed by atoms with Gasteiger partial charge in [0.1, 0.15) is 16.4 Å². The van der Waals surface area contributed by atoms with E-state index in [0.29, 0.717) is 12.3 Å². The van der Waals surface area contributed by atoms with Gasteiger partial charge in [-0.2, -0.15) is 0 Å². The van der Waals surface area contributed by atoms with Crippen LogP contribution < -0.4 is 19.5 Å². The number of rotatable bonds is 5. The Morgan fingerprint density at radius 1 is 1.30 bits per heavy atom. The molecule has 1 aromatic rings. The molecule has 7 heteroatoms. The fraction of sp³-hybridized carbons (Fsp3) is 0.538. The van der Waals surface area contributed by atoms with E-state index in [9.17, 15) is 8.42 Å². The molecule has 1 unspecified atom stereocenters. The van der Waals surface area contributed by atoms with Gasteiger partial charge in [-0.15, -0.1) is 0 Å². The average Bonchev–Trinajstić information content (AvgIpc) is 2.83. The van der Waals surface area contributed by atoms with E-state index < -0.39 is 15.6 Å².